The zero-order valence-corrected chi connectivity index (χ0v) is 18.2. The number of hydrogen-bond donors (Lipinski definition) is 1. The topological polar surface area (TPSA) is 84.9 Å². The summed E-state index contributed by atoms with van der Waals surface area (Å²) < 4.78 is 38.0. The Balaban J connectivity index is 1.69. The molecule has 1 saturated heterocycles. The van der Waals surface area contributed by atoms with Gasteiger partial charge < -0.3 is 14.8 Å². The van der Waals surface area contributed by atoms with Gasteiger partial charge in [0.25, 0.3) is 0 Å². The fourth-order valence-corrected chi connectivity index (χ4v) is 5.06. The second kappa shape index (κ2) is 9.95. The first kappa shape index (κ1) is 22.1. The van der Waals surface area contributed by atoms with E-state index in [0.717, 1.165) is 12.8 Å². The molecule has 1 aliphatic rings. The molecule has 1 aliphatic heterocycles. The van der Waals surface area contributed by atoms with E-state index in [1.807, 2.05) is 19.1 Å². The Morgan fingerprint density at radius 3 is 2.60 bits per heavy atom. The number of aryl methyl sites for hydroxylation is 1. The molecule has 2 aromatic carbocycles. The van der Waals surface area contributed by atoms with E-state index in [1.54, 1.807) is 30.3 Å². The lowest BCUT2D eigenvalue weighted by Gasteiger charge is -2.17. The number of rotatable bonds is 9. The highest BCUT2D eigenvalue weighted by molar-refractivity contribution is 7.89. The van der Waals surface area contributed by atoms with Crippen molar-refractivity contribution in [1.29, 1.82) is 0 Å². The number of carbonyl (C=O) groups is 1. The number of hydrogen-bond acceptors (Lipinski definition) is 5. The van der Waals surface area contributed by atoms with E-state index in [1.165, 1.54) is 11.4 Å². The molecule has 0 unspecified atom stereocenters. The second-order valence-electron chi connectivity index (χ2n) is 7.09. The summed E-state index contributed by atoms with van der Waals surface area (Å²) in [4.78, 5) is 12.7. The molecule has 1 amide bonds. The van der Waals surface area contributed by atoms with Crippen LogP contribution in [0.4, 0.5) is 5.69 Å². The largest absolute Gasteiger partial charge is 0.496 e. The van der Waals surface area contributed by atoms with Crippen molar-refractivity contribution < 1.29 is 22.7 Å². The van der Waals surface area contributed by atoms with E-state index in [0.29, 0.717) is 48.9 Å². The van der Waals surface area contributed by atoms with Gasteiger partial charge in [-0.25, -0.2) is 8.42 Å². The average molecular weight is 433 g/mol. The number of anilines is 1. The Morgan fingerprint density at radius 2 is 1.90 bits per heavy atom. The summed E-state index contributed by atoms with van der Waals surface area (Å²) in [6.45, 7) is 3.55. The quantitative estimate of drug-likeness (QED) is 0.656. The summed E-state index contributed by atoms with van der Waals surface area (Å²) >= 11 is 0. The first-order valence-electron chi connectivity index (χ1n) is 10.1. The summed E-state index contributed by atoms with van der Waals surface area (Å²) in [6.07, 6.45) is 2.33. The van der Waals surface area contributed by atoms with Crippen LogP contribution in [0.25, 0.3) is 0 Å². The second-order valence-corrected chi connectivity index (χ2v) is 9.03. The third-order valence-electron chi connectivity index (χ3n) is 5.00. The number of nitrogens with zero attached hydrogens (tertiary/aromatic N) is 1. The Hall–Kier alpha value is -2.58. The SMILES string of the molecule is CCOc1cccc(NC(=O)CCc2cc(S(=O)(=O)N3CCCC3)ccc2OC)c1. The van der Waals surface area contributed by atoms with E-state index in [4.69, 9.17) is 9.47 Å². The minimum absolute atomic E-state index is 0.168. The number of nitrogens with one attached hydrogen (secondary N) is 1. The van der Waals surface area contributed by atoms with Crippen molar-refractivity contribution in [1.82, 2.24) is 4.31 Å². The molecule has 1 fully saturated rings. The van der Waals surface area contributed by atoms with E-state index >= 15 is 0 Å². The molecule has 0 saturated carbocycles. The molecule has 3 rings (SSSR count). The van der Waals surface area contributed by atoms with Crippen LogP contribution in [0, 0.1) is 0 Å². The van der Waals surface area contributed by atoms with Crippen molar-refractivity contribution in [3.63, 3.8) is 0 Å². The Kier molecular flexibility index (Phi) is 7.33. The molecule has 162 valence electrons. The maximum atomic E-state index is 12.8. The lowest BCUT2D eigenvalue weighted by Crippen LogP contribution is -2.28. The van der Waals surface area contributed by atoms with Gasteiger partial charge in [-0.1, -0.05) is 6.07 Å². The van der Waals surface area contributed by atoms with Crippen LogP contribution in [0.15, 0.2) is 47.4 Å². The van der Waals surface area contributed by atoms with Gasteiger partial charge in [0.2, 0.25) is 15.9 Å². The van der Waals surface area contributed by atoms with Gasteiger partial charge in [-0.05, 0) is 62.1 Å². The number of ether oxygens (including phenoxy) is 2. The third-order valence-corrected chi connectivity index (χ3v) is 6.90. The standard InChI is InChI=1S/C22H28N2O5S/c1-3-29-19-8-6-7-18(16-19)23-22(25)12-9-17-15-20(10-11-21(17)28-2)30(26,27)24-13-4-5-14-24/h6-8,10-11,15-16H,3-5,9,12-14H2,1-2H3,(H,23,25). The van der Waals surface area contributed by atoms with Crippen LogP contribution in [0.3, 0.4) is 0 Å². The van der Waals surface area contributed by atoms with Crippen molar-refractivity contribution in [3.8, 4) is 11.5 Å². The molecule has 0 bridgehead atoms. The van der Waals surface area contributed by atoms with Gasteiger partial charge in [0.05, 0.1) is 18.6 Å². The fraction of sp³-hybridized carbons (Fsp3) is 0.409. The maximum Gasteiger partial charge on any atom is 0.243 e. The highest BCUT2D eigenvalue weighted by atomic mass is 32.2. The Bertz CT molecular complexity index is 985. The highest BCUT2D eigenvalue weighted by Crippen LogP contribution is 2.27. The first-order chi connectivity index (χ1) is 14.4. The van der Waals surface area contributed by atoms with Gasteiger partial charge in [0.15, 0.2) is 0 Å². The lowest BCUT2D eigenvalue weighted by molar-refractivity contribution is -0.116. The van der Waals surface area contributed by atoms with Crippen LogP contribution in [-0.4, -0.2) is 45.4 Å². The van der Waals surface area contributed by atoms with Crippen LogP contribution < -0.4 is 14.8 Å². The van der Waals surface area contributed by atoms with Crippen molar-refractivity contribution in [3.05, 3.63) is 48.0 Å². The third kappa shape index (κ3) is 5.31. The molecule has 1 N–H and O–H groups in total. The first-order valence-corrected chi connectivity index (χ1v) is 11.6. The van der Waals surface area contributed by atoms with Crippen molar-refractivity contribution in [2.45, 2.75) is 37.5 Å². The minimum Gasteiger partial charge on any atom is -0.496 e. The molecular formula is C22H28N2O5S. The minimum atomic E-state index is -3.52. The van der Waals surface area contributed by atoms with Crippen molar-refractivity contribution >= 4 is 21.6 Å². The number of sulfonamides is 1. The van der Waals surface area contributed by atoms with Gasteiger partial charge in [0, 0.05) is 31.3 Å². The van der Waals surface area contributed by atoms with Gasteiger partial charge in [0.1, 0.15) is 11.5 Å². The van der Waals surface area contributed by atoms with E-state index < -0.39 is 10.0 Å². The van der Waals surface area contributed by atoms with E-state index in [-0.39, 0.29) is 17.2 Å². The fourth-order valence-electron chi connectivity index (χ4n) is 3.49. The zero-order valence-electron chi connectivity index (χ0n) is 17.4. The van der Waals surface area contributed by atoms with E-state index in [9.17, 15) is 13.2 Å². The number of carbonyl (C=O) groups excluding carboxylic acids is 1. The summed E-state index contributed by atoms with van der Waals surface area (Å²) in [5.74, 6) is 1.09. The summed E-state index contributed by atoms with van der Waals surface area (Å²) in [7, 11) is -1.99. The average Bonchev–Trinajstić information content (AvgIpc) is 3.28. The lowest BCUT2D eigenvalue weighted by atomic mass is 10.1. The van der Waals surface area contributed by atoms with Crippen molar-refractivity contribution in [2.75, 3.05) is 32.1 Å². The number of amides is 1. The molecule has 0 radical (unpaired) electrons. The number of benzene rings is 2. The predicted molar refractivity (Wildman–Crippen MR) is 116 cm³/mol. The highest BCUT2D eigenvalue weighted by Gasteiger charge is 2.27. The molecule has 2 aromatic rings. The monoisotopic (exact) mass is 432 g/mol. The van der Waals surface area contributed by atoms with Gasteiger partial charge in [-0.15, -0.1) is 0 Å². The van der Waals surface area contributed by atoms with E-state index in [2.05, 4.69) is 5.32 Å². The molecule has 7 nitrogen and oxygen atoms in total. The summed E-state index contributed by atoms with van der Waals surface area (Å²) in [6, 6.07) is 12.1. The molecular weight excluding hydrogens is 404 g/mol. The molecule has 0 atom stereocenters. The molecule has 8 heteroatoms. The van der Waals surface area contributed by atoms with Crippen LogP contribution >= 0.6 is 0 Å². The molecule has 1 heterocycles. The summed E-state index contributed by atoms with van der Waals surface area (Å²) in [5.41, 5.74) is 1.35. The van der Waals surface area contributed by atoms with Crippen molar-refractivity contribution in [2.24, 2.45) is 0 Å². The predicted octanol–water partition coefficient (Wildman–Crippen LogP) is 3.45. The van der Waals surface area contributed by atoms with Gasteiger partial charge in [-0.3, -0.25) is 4.79 Å². The van der Waals surface area contributed by atoms with Gasteiger partial charge >= 0.3 is 0 Å². The summed E-state index contributed by atoms with van der Waals surface area (Å²) in [5, 5.41) is 2.85. The van der Waals surface area contributed by atoms with Gasteiger partial charge in [-0.2, -0.15) is 4.31 Å². The Morgan fingerprint density at radius 1 is 1.13 bits per heavy atom. The molecule has 30 heavy (non-hydrogen) atoms. The van der Waals surface area contributed by atoms with Crippen LogP contribution in [0.1, 0.15) is 31.7 Å². The van der Waals surface area contributed by atoms with Crippen LogP contribution in [0.5, 0.6) is 11.5 Å². The normalized spacial score (nSPS) is 14.5. The van der Waals surface area contributed by atoms with Crippen LogP contribution in [0.2, 0.25) is 0 Å². The van der Waals surface area contributed by atoms with Crippen LogP contribution in [-0.2, 0) is 21.2 Å². The number of methoxy groups -OCH3 is 1. The molecule has 0 aromatic heterocycles. The smallest absolute Gasteiger partial charge is 0.243 e. The maximum absolute atomic E-state index is 12.8. The molecule has 0 spiro atoms. The Labute approximate surface area is 178 Å². The molecule has 0 aliphatic carbocycles. The zero-order chi connectivity index (χ0) is 21.6.